The molecule has 0 aliphatic heterocycles. The fraction of sp³-hybridized carbons (Fsp3) is 0.935. The predicted octanol–water partition coefficient (Wildman–Crippen LogP) is 5.67. The SMILES string of the molecule is CCCOC.CCO[Si](CCCNC(=O)OC)(OCC)OCC.CCO[Si](CCCNC(C)=O)(OCC)OCC.COCC(C)C. The molecule has 0 spiro atoms. The predicted molar refractivity (Wildman–Crippen MR) is 188 cm³/mol. The molecule has 0 saturated carbocycles. The molecule has 0 aliphatic rings. The summed E-state index contributed by atoms with van der Waals surface area (Å²) in [5.74, 6) is 0.663. The van der Waals surface area contributed by atoms with Crippen molar-refractivity contribution in [2.45, 2.75) is 101 Å². The highest BCUT2D eigenvalue weighted by atomic mass is 28.4. The second-order valence-electron chi connectivity index (χ2n) is 9.91. The second-order valence-corrected chi connectivity index (χ2v) is 15.4. The van der Waals surface area contributed by atoms with Gasteiger partial charge in [0.2, 0.25) is 5.91 Å². The van der Waals surface area contributed by atoms with Crippen LogP contribution < -0.4 is 10.6 Å². The quantitative estimate of drug-likeness (QED) is 0.0948. The van der Waals surface area contributed by atoms with E-state index >= 15 is 0 Å². The van der Waals surface area contributed by atoms with Gasteiger partial charge in [-0.15, -0.1) is 0 Å². The van der Waals surface area contributed by atoms with Crippen molar-refractivity contribution in [2.24, 2.45) is 5.92 Å². The Hall–Kier alpha value is -1.15. The molecule has 0 radical (unpaired) electrons. The van der Waals surface area contributed by atoms with E-state index in [9.17, 15) is 9.59 Å². The van der Waals surface area contributed by atoms with E-state index in [1.807, 2.05) is 41.5 Å². The Morgan fingerprint density at radius 2 is 0.978 bits per heavy atom. The van der Waals surface area contributed by atoms with Crippen molar-refractivity contribution in [3.63, 3.8) is 0 Å². The van der Waals surface area contributed by atoms with Crippen molar-refractivity contribution in [2.75, 3.05) is 87.3 Å². The summed E-state index contributed by atoms with van der Waals surface area (Å²) < 4.78 is 48.2. The average Bonchev–Trinajstić information content (AvgIpc) is 2.99. The largest absolute Gasteiger partial charge is 0.500 e. The van der Waals surface area contributed by atoms with Crippen LogP contribution in [0.2, 0.25) is 12.1 Å². The van der Waals surface area contributed by atoms with Crippen molar-refractivity contribution >= 4 is 29.6 Å². The van der Waals surface area contributed by atoms with E-state index in [0.29, 0.717) is 64.7 Å². The molecule has 0 bridgehead atoms. The number of carbonyl (C=O) groups is 2. The molecule has 0 aromatic rings. The minimum absolute atomic E-state index is 0.0125. The van der Waals surface area contributed by atoms with Gasteiger partial charge >= 0.3 is 23.7 Å². The summed E-state index contributed by atoms with van der Waals surface area (Å²) in [5, 5.41) is 5.39. The van der Waals surface area contributed by atoms with Gasteiger partial charge in [-0.3, -0.25) is 4.79 Å². The summed E-state index contributed by atoms with van der Waals surface area (Å²) in [5.41, 5.74) is 0. The van der Waals surface area contributed by atoms with Crippen LogP contribution in [0.15, 0.2) is 0 Å². The topological polar surface area (TPSA) is 141 Å². The number of carbonyl (C=O) groups excluding carboxylic acids is 2. The molecule has 0 heterocycles. The van der Waals surface area contributed by atoms with Gasteiger partial charge in [-0.2, -0.15) is 0 Å². The number of nitrogens with one attached hydrogen (secondary N) is 2. The molecule has 2 amide bonds. The highest BCUT2D eigenvalue weighted by Gasteiger charge is 2.40. The zero-order valence-electron chi connectivity index (χ0n) is 31.7. The number of hydrogen-bond acceptors (Lipinski definition) is 11. The average molecular weight is 705 g/mol. The number of rotatable bonds is 24. The van der Waals surface area contributed by atoms with Crippen molar-refractivity contribution in [3.05, 3.63) is 0 Å². The van der Waals surface area contributed by atoms with Crippen LogP contribution in [0.4, 0.5) is 4.79 Å². The monoisotopic (exact) mass is 704 g/mol. The Morgan fingerprint density at radius 1 is 0.609 bits per heavy atom. The summed E-state index contributed by atoms with van der Waals surface area (Å²) in [6, 6.07) is 1.43. The zero-order chi connectivity index (χ0) is 36.1. The molecule has 0 saturated heterocycles. The van der Waals surface area contributed by atoms with Gasteiger partial charge in [0.15, 0.2) is 0 Å². The number of amides is 2. The van der Waals surface area contributed by atoms with Crippen LogP contribution in [0.1, 0.15) is 88.5 Å². The third-order valence-electron chi connectivity index (χ3n) is 5.24. The van der Waals surface area contributed by atoms with Crippen LogP contribution in [-0.2, 0) is 45.6 Å². The first-order chi connectivity index (χ1) is 21.9. The third kappa shape index (κ3) is 35.7. The molecule has 0 atom stereocenters. The van der Waals surface area contributed by atoms with Gasteiger partial charge in [-0.05, 0) is 66.7 Å². The molecule has 0 aromatic carbocycles. The Morgan fingerprint density at radius 3 is 1.17 bits per heavy atom. The van der Waals surface area contributed by atoms with Gasteiger partial charge in [-0.1, -0.05) is 20.8 Å². The first-order valence-corrected chi connectivity index (χ1v) is 20.7. The molecule has 13 nitrogen and oxygen atoms in total. The van der Waals surface area contributed by atoms with Crippen LogP contribution in [0.25, 0.3) is 0 Å². The van der Waals surface area contributed by atoms with E-state index in [2.05, 4.69) is 36.1 Å². The first kappa shape index (κ1) is 51.7. The molecule has 0 aromatic heterocycles. The van der Waals surface area contributed by atoms with Crippen molar-refractivity contribution in [1.82, 2.24) is 10.6 Å². The molecule has 0 aliphatic carbocycles. The minimum atomic E-state index is -2.57. The lowest BCUT2D eigenvalue weighted by Crippen LogP contribution is -2.46. The smallest absolute Gasteiger partial charge is 0.453 e. The molecule has 0 fully saturated rings. The summed E-state index contributed by atoms with van der Waals surface area (Å²) in [4.78, 5) is 21.6. The Balaban J connectivity index is -0.000000290. The van der Waals surface area contributed by atoms with E-state index < -0.39 is 23.7 Å². The lowest BCUT2D eigenvalue weighted by Gasteiger charge is -2.28. The van der Waals surface area contributed by atoms with Gasteiger partial charge in [0, 0.05) is 99.2 Å². The first-order valence-electron chi connectivity index (χ1n) is 16.8. The van der Waals surface area contributed by atoms with Crippen molar-refractivity contribution in [3.8, 4) is 0 Å². The van der Waals surface area contributed by atoms with Crippen LogP contribution in [0.3, 0.4) is 0 Å². The van der Waals surface area contributed by atoms with Crippen LogP contribution in [-0.4, -0.2) is 117 Å². The summed E-state index contributed by atoms with van der Waals surface area (Å²) in [6.45, 7) is 25.8. The second kappa shape index (κ2) is 38.3. The Labute approximate surface area is 284 Å². The number of methoxy groups -OCH3 is 3. The summed E-state index contributed by atoms with van der Waals surface area (Å²) in [6.07, 6.45) is 2.25. The summed E-state index contributed by atoms with van der Waals surface area (Å²) in [7, 11) is -0.312. The van der Waals surface area contributed by atoms with Gasteiger partial charge < -0.3 is 51.4 Å². The van der Waals surface area contributed by atoms with Crippen LogP contribution in [0, 0.1) is 5.92 Å². The standard InChI is InChI=1S/C11H25NO5Si.C11H25NO4Si.C5H12O.C4H10O/c1-5-15-18(16-6-2,17-7-3)10-8-9-12-11(13)14-4;1-5-14-17(15-6-2,16-7-3)10-8-9-12-11(4)13;1-5(2)4-6-3;1-3-4-5-2/h5-10H2,1-4H3,(H,12,13);5-10H2,1-4H3,(H,12,13);5H,4H2,1-3H3;3-4H2,1-2H3. The van der Waals surface area contributed by atoms with Gasteiger partial charge in [0.1, 0.15) is 0 Å². The van der Waals surface area contributed by atoms with E-state index in [-0.39, 0.29) is 5.91 Å². The van der Waals surface area contributed by atoms with Crippen molar-refractivity contribution in [1.29, 1.82) is 0 Å². The van der Waals surface area contributed by atoms with Crippen molar-refractivity contribution < 1.29 is 50.4 Å². The zero-order valence-corrected chi connectivity index (χ0v) is 33.7. The fourth-order valence-electron chi connectivity index (χ4n) is 3.68. The van der Waals surface area contributed by atoms with E-state index in [1.54, 1.807) is 14.2 Å². The number of ether oxygens (including phenoxy) is 3. The van der Waals surface area contributed by atoms with E-state index in [1.165, 1.54) is 14.0 Å². The normalized spacial score (nSPS) is 10.9. The highest BCUT2D eigenvalue weighted by molar-refractivity contribution is 6.61. The highest BCUT2D eigenvalue weighted by Crippen LogP contribution is 2.18. The van der Waals surface area contributed by atoms with Gasteiger partial charge in [0.25, 0.3) is 0 Å². The maximum absolute atomic E-state index is 10.9. The molecule has 46 heavy (non-hydrogen) atoms. The lowest BCUT2D eigenvalue weighted by molar-refractivity contribution is -0.118. The molecular weight excluding hydrogens is 633 g/mol. The summed E-state index contributed by atoms with van der Waals surface area (Å²) >= 11 is 0. The maximum Gasteiger partial charge on any atom is 0.500 e. The fourth-order valence-corrected chi connectivity index (χ4v) is 8.90. The number of hydrogen-bond donors (Lipinski definition) is 2. The third-order valence-corrected chi connectivity index (χ3v) is 11.5. The van der Waals surface area contributed by atoms with E-state index in [0.717, 1.165) is 38.5 Å². The van der Waals surface area contributed by atoms with Crippen LogP contribution in [0.5, 0.6) is 0 Å². The van der Waals surface area contributed by atoms with Crippen LogP contribution >= 0.6 is 0 Å². The molecule has 0 rings (SSSR count). The molecule has 2 N–H and O–H groups in total. The van der Waals surface area contributed by atoms with Gasteiger partial charge in [-0.25, -0.2) is 4.79 Å². The molecule has 280 valence electrons. The minimum Gasteiger partial charge on any atom is -0.453 e. The number of alkyl carbamates (subject to hydrolysis) is 1. The molecule has 15 heteroatoms. The van der Waals surface area contributed by atoms with Gasteiger partial charge in [0.05, 0.1) is 7.11 Å². The maximum atomic E-state index is 10.9. The van der Waals surface area contributed by atoms with E-state index in [4.69, 9.17) is 36.0 Å². The lowest BCUT2D eigenvalue weighted by atomic mass is 10.2. The Kier molecular flexibility index (Phi) is 43.0. The molecular formula is C31H72N2O11Si2. The Bertz CT molecular complexity index is 616. The molecule has 0 unspecified atom stereocenters.